The predicted octanol–water partition coefficient (Wildman–Crippen LogP) is 7.76. The first kappa shape index (κ1) is 24.1. The fraction of sp³-hybridized carbons (Fsp3) is 0.806. The zero-order chi connectivity index (χ0) is 24.1. The smallest absolute Gasteiger partial charge is 0.110 e. The standard InChI is InChI=1S/C31H47N3/c1-6-31-15-14-29(3,4)16-24(31)10-11-25-27-9-7-8-26(30(27,5)13-12-28(25)31)22(2)19-34-20-23(17-32)18-33-21-34/h18,20,24-28H,2,6-16,19,21H2,1,3-5H3. The van der Waals surface area contributed by atoms with Gasteiger partial charge in [-0.2, -0.15) is 5.26 Å². The minimum absolute atomic E-state index is 0.396. The van der Waals surface area contributed by atoms with Crippen LogP contribution in [0, 0.1) is 57.2 Å². The molecular formula is C31H47N3. The van der Waals surface area contributed by atoms with E-state index in [-0.39, 0.29) is 0 Å². The summed E-state index contributed by atoms with van der Waals surface area (Å²) < 4.78 is 0. The molecule has 0 bridgehead atoms. The molecule has 5 aliphatic rings. The van der Waals surface area contributed by atoms with Gasteiger partial charge in [-0.15, -0.1) is 0 Å². The van der Waals surface area contributed by atoms with E-state index in [4.69, 9.17) is 0 Å². The molecule has 4 saturated carbocycles. The quantitative estimate of drug-likeness (QED) is 0.401. The summed E-state index contributed by atoms with van der Waals surface area (Å²) in [5, 5.41) is 9.29. The van der Waals surface area contributed by atoms with Crippen molar-refractivity contribution in [2.75, 3.05) is 13.2 Å². The van der Waals surface area contributed by atoms with Gasteiger partial charge in [-0.25, -0.2) is 0 Å². The third kappa shape index (κ3) is 3.88. The fourth-order valence-corrected chi connectivity index (χ4v) is 10.1. The zero-order valence-electron chi connectivity index (χ0n) is 22.3. The first-order valence-corrected chi connectivity index (χ1v) is 14.3. The van der Waals surface area contributed by atoms with Crippen molar-refractivity contribution in [1.82, 2.24) is 4.90 Å². The van der Waals surface area contributed by atoms with Crippen molar-refractivity contribution in [2.45, 2.75) is 98.3 Å². The van der Waals surface area contributed by atoms with Gasteiger partial charge in [0, 0.05) is 19.0 Å². The van der Waals surface area contributed by atoms with Crippen molar-refractivity contribution in [3.8, 4) is 6.07 Å². The molecule has 3 heteroatoms. The van der Waals surface area contributed by atoms with E-state index in [1.165, 1.54) is 76.2 Å². The Hall–Kier alpha value is -1.56. The predicted molar refractivity (Wildman–Crippen MR) is 141 cm³/mol. The number of nitriles is 1. The second-order valence-corrected chi connectivity index (χ2v) is 13.7. The molecular weight excluding hydrogens is 414 g/mol. The molecule has 1 heterocycles. The molecule has 0 aromatic rings. The topological polar surface area (TPSA) is 39.4 Å². The average Bonchev–Trinajstić information content (AvgIpc) is 2.82. The first-order chi connectivity index (χ1) is 16.2. The molecule has 7 atom stereocenters. The fourth-order valence-electron chi connectivity index (χ4n) is 10.1. The number of fused-ring (bicyclic) bond motifs is 5. The highest BCUT2D eigenvalue weighted by molar-refractivity contribution is 5.84. The van der Waals surface area contributed by atoms with Crippen molar-refractivity contribution in [3.63, 3.8) is 0 Å². The van der Waals surface area contributed by atoms with Crippen LogP contribution in [-0.4, -0.2) is 24.3 Å². The van der Waals surface area contributed by atoms with E-state index >= 15 is 0 Å². The lowest BCUT2D eigenvalue weighted by atomic mass is 9.39. The second-order valence-electron chi connectivity index (χ2n) is 13.7. The Morgan fingerprint density at radius 3 is 2.71 bits per heavy atom. The van der Waals surface area contributed by atoms with Gasteiger partial charge < -0.3 is 4.90 Å². The first-order valence-electron chi connectivity index (χ1n) is 14.3. The second kappa shape index (κ2) is 8.83. The molecule has 1 aliphatic heterocycles. The van der Waals surface area contributed by atoms with Crippen LogP contribution in [0.5, 0.6) is 0 Å². The van der Waals surface area contributed by atoms with Crippen molar-refractivity contribution in [1.29, 1.82) is 5.26 Å². The maximum absolute atomic E-state index is 9.29. The molecule has 0 spiro atoms. The molecule has 4 aliphatic carbocycles. The Morgan fingerprint density at radius 2 is 1.94 bits per heavy atom. The number of rotatable bonds is 4. The number of aliphatic imine (C=N–C) groups is 1. The summed E-state index contributed by atoms with van der Waals surface area (Å²) in [5.41, 5.74) is 3.60. The van der Waals surface area contributed by atoms with E-state index in [0.29, 0.717) is 34.4 Å². The lowest BCUT2D eigenvalue weighted by molar-refractivity contribution is -0.156. The van der Waals surface area contributed by atoms with Crippen molar-refractivity contribution < 1.29 is 0 Å². The van der Waals surface area contributed by atoms with Gasteiger partial charge >= 0.3 is 0 Å². The van der Waals surface area contributed by atoms with Crippen LogP contribution in [0.4, 0.5) is 0 Å². The Morgan fingerprint density at radius 1 is 1.12 bits per heavy atom. The largest absolute Gasteiger partial charge is 0.353 e. The van der Waals surface area contributed by atoms with E-state index in [1.807, 2.05) is 6.20 Å². The van der Waals surface area contributed by atoms with Gasteiger partial charge in [-0.1, -0.05) is 46.3 Å². The molecule has 0 saturated heterocycles. The highest BCUT2D eigenvalue weighted by Crippen LogP contribution is 2.69. The minimum Gasteiger partial charge on any atom is -0.353 e. The van der Waals surface area contributed by atoms with Gasteiger partial charge in [-0.05, 0) is 110 Å². The van der Waals surface area contributed by atoms with Crippen LogP contribution in [0.2, 0.25) is 0 Å². The number of hydrogen-bond donors (Lipinski definition) is 0. The normalized spacial score (nSPS) is 43.1. The van der Waals surface area contributed by atoms with Crippen LogP contribution in [0.1, 0.15) is 98.3 Å². The summed E-state index contributed by atoms with van der Waals surface area (Å²) in [6, 6.07) is 2.25. The van der Waals surface area contributed by atoms with E-state index in [9.17, 15) is 5.26 Å². The molecule has 0 aromatic carbocycles. The monoisotopic (exact) mass is 461 g/mol. The molecule has 186 valence electrons. The van der Waals surface area contributed by atoms with Crippen LogP contribution in [0.15, 0.2) is 28.9 Å². The van der Waals surface area contributed by atoms with E-state index < -0.39 is 0 Å². The highest BCUT2D eigenvalue weighted by atomic mass is 15.2. The minimum atomic E-state index is 0.396. The molecule has 0 radical (unpaired) electrons. The van der Waals surface area contributed by atoms with Crippen LogP contribution in [0.3, 0.4) is 0 Å². The Kier molecular flexibility index (Phi) is 6.27. The summed E-state index contributed by atoms with van der Waals surface area (Å²) in [7, 11) is 0. The third-order valence-electron chi connectivity index (χ3n) is 11.6. The molecule has 0 amide bonds. The maximum Gasteiger partial charge on any atom is 0.110 e. The lowest BCUT2D eigenvalue weighted by Crippen LogP contribution is -2.57. The van der Waals surface area contributed by atoms with E-state index in [1.54, 1.807) is 6.21 Å². The number of hydrogen-bond acceptors (Lipinski definition) is 3. The summed E-state index contributed by atoms with van der Waals surface area (Å²) in [5.74, 6) is 4.32. The molecule has 7 unspecified atom stereocenters. The van der Waals surface area contributed by atoms with Gasteiger partial charge in [0.05, 0.1) is 5.57 Å². The van der Waals surface area contributed by atoms with Crippen LogP contribution in [0.25, 0.3) is 0 Å². The van der Waals surface area contributed by atoms with Crippen LogP contribution >= 0.6 is 0 Å². The van der Waals surface area contributed by atoms with Crippen LogP contribution < -0.4 is 0 Å². The van der Waals surface area contributed by atoms with Crippen molar-refractivity contribution in [3.05, 3.63) is 23.9 Å². The Balaban J connectivity index is 1.35. The van der Waals surface area contributed by atoms with Crippen LogP contribution in [-0.2, 0) is 0 Å². The third-order valence-corrected chi connectivity index (χ3v) is 11.6. The Labute approximate surface area is 208 Å². The van der Waals surface area contributed by atoms with Gasteiger partial charge in [-0.3, -0.25) is 4.99 Å². The average molecular weight is 462 g/mol. The van der Waals surface area contributed by atoms with E-state index in [2.05, 4.69) is 50.2 Å². The number of nitrogens with zero attached hydrogens (tertiary/aromatic N) is 3. The highest BCUT2D eigenvalue weighted by Gasteiger charge is 2.60. The molecule has 0 N–H and O–H groups in total. The molecule has 0 aromatic heterocycles. The summed E-state index contributed by atoms with van der Waals surface area (Å²) in [4.78, 5) is 6.59. The van der Waals surface area contributed by atoms with Gasteiger partial charge in [0.2, 0.25) is 0 Å². The summed E-state index contributed by atoms with van der Waals surface area (Å²) in [6.07, 6.45) is 19.3. The molecule has 34 heavy (non-hydrogen) atoms. The maximum atomic E-state index is 9.29. The molecule has 4 fully saturated rings. The summed E-state index contributed by atoms with van der Waals surface area (Å²) in [6.45, 7) is 16.4. The van der Waals surface area contributed by atoms with Crippen molar-refractivity contribution >= 4 is 6.21 Å². The zero-order valence-corrected chi connectivity index (χ0v) is 22.3. The van der Waals surface area contributed by atoms with Gasteiger partial charge in [0.25, 0.3) is 0 Å². The van der Waals surface area contributed by atoms with Gasteiger partial charge in [0.15, 0.2) is 0 Å². The van der Waals surface area contributed by atoms with E-state index in [0.717, 1.165) is 30.2 Å². The Bertz CT molecular complexity index is 906. The lowest BCUT2D eigenvalue weighted by Gasteiger charge is -2.65. The van der Waals surface area contributed by atoms with Crippen molar-refractivity contribution in [2.24, 2.45) is 50.8 Å². The molecule has 5 rings (SSSR count). The number of allylic oxidation sites excluding steroid dienone is 1. The SMILES string of the molecule is C=C(CN1C=C(C#N)C=NC1)C1CCCC2C3CCC4CC(C)(C)CCC4(CC)C3CCC12C. The summed E-state index contributed by atoms with van der Waals surface area (Å²) >= 11 is 0. The van der Waals surface area contributed by atoms with Gasteiger partial charge in [0.1, 0.15) is 12.7 Å². The molecule has 3 nitrogen and oxygen atoms in total.